The average Bonchev–Trinajstić information content (AvgIpc) is 3.56. The standard InChI is InChI=1S/C37H36F2N6O4/c1-37(2,3)49-36(46)42-26-13-16-44(17-14-26)35-43-32(25-19-27(38)33(40-4)28(39)20-25)31(34-41-15-18-45(34)35)24-11-12-29(47-5)30(21-24)48-22-23-9-7-6-8-10-23/h6-12,15,18-21,26H,13-14,16-17,22H2,1-3,5H3,(H,42,46). The van der Waals surface area contributed by atoms with Gasteiger partial charge in [0.2, 0.25) is 5.95 Å². The van der Waals surface area contributed by atoms with Gasteiger partial charge in [-0.1, -0.05) is 36.4 Å². The molecule has 0 aliphatic carbocycles. The second-order valence-corrected chi connectivity index (χ2v) is 12.7. The van der Waals surface area contributed by atoms with Crippen molar-refractivity contribution in [3.63, 3.8) is 0 Å². The molecule has 0 atom stereocenters. The van der Waals surface area contributed by atoms with Gasteiger partial charge in [0.1, 0.15) is 29.5 Å². The summed E-state index contributed by atoms with van der Waals surface area (Å²) in [6.45, 7) is 14.1. The molecular weight excluding hydrogens is 630 g/mol. The molecule has 1 aliphatic rings. The van der Waals surface area contributed by atoms with Crippen LogP contribution in [0.15, 0.2) is 73.1 Å². The molecule has 0 saturated carbocycles. The Kier molecular flexibility index (Phi) is 9.35. The first-order valence-electron chi connectivity index (χ1n) is 15.9. The van der Waals surface area contributed by atoms with E-state index >= 15 is 8.78 Å². The van der Waals surface area contributed by atoms with Crippen LogP contribution < -0.4 is 19.7 Å². The van der Waals surface area contributed by atoms with E-state index in [4.69, 9.17) is 25.8 Å². The van der Waals surface area contributed by atoms with Crippen molar-refractivity contribution in [2.24, 2.45) is 0 Å². The van der Waals surface area contributed by atoms with Crippen molar-refractivity contribution >= 4 is 23.4 Å². The van der Waals surface area contributed by atoms with Crippen LogP contribution in [0.2, 0.25) is 0 Å². The summed E-state index contributed by atoms with van der Waals surface area (Å²) in [6, 6.07) is 17.2. The molecule has 0 radical (unpaired) electrons. The number of nitrogens with one attached hydrogen (secondary N) is 1. The van der Waals surface area contributed by atoms with Crippen molar-refractivity contribution in [1.82, 2.24) is 19.7 Å². The maximum absolute atomic E-state index is 15.1. The minimum absolute atomic E-state index is 0.0962. The van der Waals surface area contributed by atoms with E-state index in [1.165, 1.54) is 0 Å². The molecule has 12 heteroatoms. The molecule has 1 fully saturated rings. The molecule has 0 unspecified atom stereocenters. The van der Waals surface area contributed by atoms with E-state index in [1.807, 2.05) is 61.6 Å². The number of rotatable bonds is 8. The first kappa shape index (κ1) is 33.2. The minimum Gasteiger partial charge on any atom is -0.493 e. The molecule has 49 heavy (non-hydrogen) atoms. The summed E-state index contributed by atoms with van der Waals surface area (Å²) in [5, 5.41) is 2.95. The third-order valence-electron chi connectivity index (χ3n) is 8.12. The van der Waals surface area contributed by atoms with E-state index in [0.29, 0.717) is 60.2 Å². The van der Waals surface area contributed by atoms with Crippen LogP contribution in [0, 0.1) is 18.2 Å². The number of amides is 1. The Morgan fingerprint density at radius 3 is 2.39 bits per heavy atom. The zero-order valence-electron chi connectivity index (χ0n) is 27.7. The number of nitrogens with zero attached hydrogens (tertiary/aromatic N) is 5. The smallest absolute Gasteiger partial charge is 0.407 e. The summed E-state index contributed by atoms with van der Waals surface area (Å²) in [4.78, 5) is 27.2. The number of aromatic nitrogens is 3. The number of alkyl carbamates (subject to hydrolysis) is 1. The Balaban J connectivity index is 1.42. The summed E-state index contributed by atoms with van der Waals surface area (Å²) < 4.78 is 49.3. The van der Waals surface area contributed by atoms with E-state index in [0.717, 1.165) is 17.7 Å². The van der Waals surface area contributed by atoms with Gasteiger partial charge in [0.05, 0.1) is 24.9 Å². The van der Waals surface area contributed by atoms with Gasteiger partial charge in [-0.15, -0.1) is 0 Å². The Bertz CT molecular complexity index is 2010. The number of methoxy groups -OCH3 is 1. The fourth-order valence-corrected chi connectivity index (χ4v) is 5.85. The predicted octanol–water partition coefficient (Wildman–Crippen LogP) is 7.97. The number of benzene rings is 3. The van der Waals surface area contributed by atoms with E-state index in [-0.39, 0.29) is 23.9 Å². The second-order valence-electron chi connectivity index (χ2n) is 12.7. The van der Waals surface area contributed by atoms with E-state index < -0.39 is 29.0 Å². The lowest BCUT2D eigenvalue weighted by Crippen LogP contribution is -2.46. The minimum atomic E-state index is -0.988. The molecule has 10 nitrogen and oxygen atoms in total. The zero-order valence-corrected chi connectivity index (χ0v) is 27.7. The lowest BCUT2D eigenvalue weighted by Gasteiger charge is -2.34. The molecule has 1 N–H and O–H groups in total. The van der Waals surface area contributed by atoms with Gasteiger partial charge in [-0.2, -0.15) is 0 Å². The Hall–Kier alpha value is -5.70. The highest BCUT2D eigenvalue weighted by Crippen LogP contribution is 2.41. The van der Waals surface area contributed by atoms with Crippen molar-refractivity contribution < 1.29 is 27.8 Å². The van der Waals surface area contributed by atoms with Crippen molar-refractivity contribution in [3.8, 4) is 33.9 Å². The normalized spacial score (nSPS) is 13.6. The third-order valence-corrected chi connectivity index (χ3v) is 8.12. The third kappa shape index (κ3) is 7.26. The Labute approximate surface area is 283 Å². The Morgan fingerprint density at radius 1 is 1.02 bits per heavy atom. The van der Waals surface area contributed by atoms with Crippen LogP contribution in [-0.4, -0.2) is 52.3 Å². The van der Waals surface area contributed by atoms with Crippen LogP contribution in [-0.2, 0) is 11.3 Å². The molecule has 252 valence electrons. The highest BCUT2D eigenvalue weighted by Gasteiger charge is 2.28. The fraction of sp³-hybridized carbons (Fsp3) is 0.297. The topological polar surface area (TPSA) is 94.6 Å². The molecule has 1 amide bonds. The van der Waals surface area contributed by atoms with Crippen molar-refractivity contribution in [1.29, 1.82) is 0 Å². The summed E-state index contributed by atoms with van der Waals surface area (Å²) in [7, 11) is 1.55. The molecule has 3 aromatic carbocycles. The number of halogens is 2. The van der Waals surface area contributed by atoms with Crippen molar-refractivity contribution in [2.45, 2.75) is 51.9 Å². The number of carbonyl (C=O) groups is 1. The quantitative estimate of drug-likeness (QED) is 0.168. The number of piperidine rings is 1. The fourth-order valence-electron chi connectivity index (χ4n) is 5.85. The van der Waals surface area contributed by atoms with E-state index in [9.17, 15) is 4.79 Å². The summed E-state index contributed by atoms with van der Waals surface area (Å²) in [5.41, 5.74) is 1.74. The van der Waals surface area contributed by atoms with Crippen LogP contribution in [0.25, 0.3) is 32.9 Å². The summed E-state index contributed by atoms with van der Waals surface area (Å²) >= 11 is 0. The van der Waals surface area contributed by atoms with Gasteiger partial charge in [0.15, 0.2) is 11.5 Å². The summed E-state index contributed by atoms with van der Waals surface area (Å²) in [5.74, 6) is -0.488. The number of carbonyl (C=O) groups excluding carboxylic acids is 1. The maximum Gasteiger partial charge on any atom is 0.407 e. The highest BCUT2D eigenvalue weighted by molar-refractivity contribution is 5.92. The van der Waals surface area contributed by atoms with Crippen molar-refractivity contribution in [2.75, 3.05) is 25.1 Å². The number of anilines is 1. The number of hydrogen-bond donors (Lipinski definition) is 1. The van der Waals surface area contributed by atoms with E-state index in [2.05, 4.69) is 20.0 Å². The molecule has 2 aromatic heterocycles. The average molecular weight is 667 g/mol. The molecule has 1 aliphatic heterocycles. The molecule has 0 bridgehead atoms. The molecule has 5 aromatic rings. The van der Waals surface area contributed by atoms with E-state index in [1.54, 1.807) is 31.6 Å². The van der Waals surface area contributed by atoms with Crippen LogP contribution >= 0.6 is 0 Å². The molecule has 1 saturated heterocycles. The predicted molar refractivity (Wildman–Crippen MR) is 182 cm³/mol. The van der Waals surface area contributed by atoms with Gasteiger partial charge >= 0.3 is 6.09 Å². The second kappa shape index (κ2) is 13.8. The van der Waals surface area contributed by atoms with Gasteiger partial charge in [-0.3, -0.25) is 4.40 Å². The lowest BCUT2D eigenvalue weighted by atomic mass is 9.98. The van der Waals surface area contributed by atoms with Gasteiger partial charge in [-0.25, -0.2) is 28.4 Å². The molecule has 3 heterocycles. The first-order chi connectivity index (χ1) is 23.5. The molecule has 6 rings (SSSR count). The van der Waals surface area contributed by atoms with Gasteiger partial charge < -0.3 is 24.4 Å². The van der Waals surface area contributed by atoms with Crippen LogP contribution in [0.5, 0.6) is 11.5 Å². The number of imidazole rings is 1. The van der Waals surface area contributed by atoms with Gasteiger partial charge in [-0.05, 0) is 69.0 Å². The molecular formula is C37H36F2N6O4. The monoisotopic (exact) mass is 666 g/mol. The van der Waals surface area contributed by atoms with Crippen LogP contribution in [0.4, 0.5) is 25.2 Å². The lowest BCUT2D eigenvalue weighted by molar-refractivity contribution is 0.0497. The SMILES string of the molecule is [C-]#[N+]c1c(F)cc(-c2nc(N3CCC(NC(=O)OC(C)(C)C)CC3)n3ccnc3c2-c2ccc(OC)c(OCc3ccccc3)c2)cc1F. The van der Waals surface area contributed by atoms with Crippen LogP contribution in [0.3, 0.4) is 0 Å². The van der Waals surface area contributed by atoms with Gasteiger partial charge in [0.25, 0.3) is 5.69 Å². The Morgan fingerprint density at radius 2 is 1.73 bits per heavy atom. The number of fused-ring (bicyclic) bond motifs is 1. The molecule has 0 spiro atoms. The van der Waals surface area contributed by atoms with Crippen LogP contribution in [0.1, 0.15) is 39.2 Å². The number of hydrogen-bond acceptors (Lipinski definition) is 7. The number of ether oxygens (including phenoxy) is 3. The van der Waals surface area contributed by atoms with Gasteiger partial charge in [0, 0.05) is 37.1 Å². The van der Waals surface area contributed by atoms with Crippen molar-refractivity contribution in [3.05, 3.63) is 102 Å². The zero-order chi connectivity index (χ0) is 34.7. The highest BCUT2D eigenvalue weighted by atomic mass is 19.1. The summed E-state index contributed by atoms with van der Waals surface area (Å²) in [6.07, 6.45) is 4.21. The maximum atomic E-state index is 15.1. The first-order valence-corrected chi connectivity index (χ1v) is 15.9. The largest absolute Gasteiger partial charge is 0.493 e.